The van der Waals surface area contributed by atoms with E-state index in [0.717, 1.165) is 34.6 Å². The van der Waals surface area contributed by atoms with E-state index in [4.69, 9.17) is 9.47 Å². The Hall–Kier alpha value is -1.14. The second-order valence-corrected chi connectivity index (χ2v) is 9.21. The molecule has 0 aromatic heterocycles. The molecule has 0 amide bonds. The summed E-state index contributed by atoms with van der Waals surface area (Å²) in [4.78, 5) is 23.5. The predicted molar refractivity (Wildman–Crippen MR) is 105 cm³/mol. The molecule has 0 rings (SSSR count). The number of hydrogen-bond donors (Lipinski definition) is 0. The second-order valence-electron chi connectivity index (χ2n) is 9.21. The zero-order chi connectivity index (χ0) is 20.4. The number of esters is 2. The van der Waals surface area contributed by atoms with E-state index in [1.165, 1.54) is 0 Å². The number of nitrogens with zero attached hydrogens (tertiary/aromatic N) is 2. The molecule has 0 spiro atoms. The number of rotatable bonds is 13. The van der Waals surface area contributed by atoms with Crippen molar-refractivity contribution < 1.29 is 28.0 Å². The Morgan fingerprint density at radius 3 is 1.23 bits per heavy atom. The standard InChI is InChI=1S/C20H42N2O4/c1-17(21(3,4)5)15-25-19(23)13-11-9-10-12-14-20(24)26-16-18(2)22(6,7)8/h17-18H,9-16H2,1-8H3/q+2/t17-,18+. The molecule has 0 aromatic rings. The zero-order valence-electron chi connectivity index (χ0n) is 18.3. The average molecular weight is 375 g/mol. The van der Waals surface area contributed by atoms with Crippen molar-refractivity contribution in [2.75, 3.05) is 55.5 Å². The van der Waals surface area contributed by atoms with Gasteiger partial charge >= 0.3 is 11.9 Å². The molecule has 2 atom stereocenters. The molecule has 6 nitrogen and oxygen atoms in total. The lowest BCUT2D eigenvalue weighted by atomic mass is 10.1. The number of carbonyl (C=O) groups is 2. The first-order valence-corrected chi connectivity index (χ1v) is 9.77. The number of hydrogen-bond acceptors (Lipinski definition) is 4. The van der Waals surface area contributed by atoms with Gasteiger partial charge in [-0.15, -0.1) is 0 Å². The van der Waals surface area contributed by atoms with Crippen molar-refractivity contribution in [3.8, 4) is 0 Å². The molecule has 26 heavy (non-hydrogen) atoms. The maximum Gasteiger partial charge on any atom is 0.306 e. The molecule has 0 aliphatic heterocycles. The van der Waals surface area contributed by atoms with Crippen LogP contribution in [0.4, 0.5) is 0 Å². The van der Waals surface area contributed by atoms with E-state index in [0.29, 0.717) is 26.1 Å². The molecule has 0 heterocycles. The summed E-state index contributed by atoms with van der Waals surface area (Å²) in [5, 5.41) is 0. The highest BCUT2D eigenvalue weighted by Crippen LogP contribution is 2.09. The summed E-state index contributed by atoms with van der Waals surface area (Å²) in [6.45, 7) is 5.07. The smallest absolute Gasteiger partial charge is 0.306 e. The van der Waals surface area contributed by atoms with Crippen LogP contribution in [0.1, 0.15) is 52.4 Å². The fourth-order valence-electron chi connectivity index (χ4n) is 1.91. The van der Waals surface area contributed by atoms with E-state index in [2.05, 4.69) is 56.1 Å². The van der Waals surface area contributed by atoms with Crippen LogP contribution in [0.25, 0.3) is 0 Å². The summed E-state index contributed by atoms with van der Waals surface area (Å²) in [5.74, 6) is -0.252. The van der Waals surface area contributed by atoms with E-state index in [1.54, 1.807) is 0 Å². The van der Waals surface area contributed by atoms with Gasteiger partial charge in [0.05, 0.1) is 42.3 Å². The van der Waals surface area contributed by atoms with Gasteiger partial charge in [0.25, 0.3) is 0 Å². The van der Waals surface area contributed by atoms with Crippen LogP contribution in [-0.2, 0) is 19.1 Å². The van der Waals surface area contributed by atoms with E-state index >= 15 is 0 Å². The predicted octanol–water partition coefficient (Wildman–Crippen LogP) is 2.60. The van der Waals surface area contributed by atoms with Gasteiger partial charge < -0.3 is 18.4 Å². The molecular formula is C20H42N2O4+2. The van der Waals surface area contributed by atoms with Gasteiger partial charge in [-0.3, -0.25) is 9.59 Å². The van der Waals surface area contributed by atoms with E-state index in [1.807, 2.05) is 0 Å². The normalized spacial score (nSPS) is 14.6. The van der Waals surface area contributed by atoms with Gasteiger partial charge in [0.15, 0.2) is 0 Å². The van der Waals surface area contributed by atoms with Crippen LogP contribution in [0.3, 0.4) is 0 Å². The zero-order valence-corrected chi connectivity index (χ0v) is 18.3. The fraction of sp³-hybridized carbons (Fsp3) is 0.900. The minimum Gasteiger partial charge on any atom is -0.459 e. The van der Waals surface area contributed by atoms with Crippen LogP contribution in [0.15, 0.2) is 0 Å². The van der Waals surface area contributed by atoms with Crippen LogP contribution in [0.5, 0.6) is 0 Å². The summed E-state index contributed by atoms with van der Waals surface area (Å²) >= 11 is 0. The molecule has 0 aromatic carbocycles. The lowest BCUT2D eigenvalue weighted by Gasteiger charge is -2.31. The largest absolute Gasteiger partial charge is 0.459 e. The van der Waals surface area contributed by atoms with Crippen molar-refractivity contribution in [3.05, 3.63) is 0 Å². The first kappa shape index (κ1) is 24.9. The number of carbonyl (C=O) groups excluding carboxylic acids is 2. The number of unbranched alkanes of at least 4 members (excludes halogenated alkanes) is 3. The summed E-state index contributed by atoms with van der Waals surface area (Å²) in [5.41, 5.74) is 0. The Bertz CT molecular complexity index is 385. The highest BCUT2D eigenvalue weighted by molar-refractivity contribution is 5.69. The average Bonchev–Trinajstić information content (AvgIpc) is 2.51. The van der Waals surface area contributed by atoms with Gasteiger partial charge in [-0.05, 0) is 26.7 Å². The van der Waals surface area contributed by atoms with Gasteiger partial charge in [-0.25, -0.2) is 0 Å². The molecule has 154 valence electrons. The fourth-order valence-corrected chi connectivity index (χ4v) is 1.91. The van der Waals surface area contributed by atoms with Crippen molar-refractivity contribution >= 4 is 11.9 Å². The first-order valence-electron chi connectivity index (χ1n) is 9.77. The highest BCUT2D eigenvalue weighted by Gasteiger charge is 2.20. The number of ether oxygens (including phenoxy) is 2. The third-order valence-electron chi connectivity index (χ3n) is 5.13. The Kier molecular flexibility index (Phi) is 11.0. The maximum atomic E-state index is 11.7. The van der Waals surface area contributed by atoms with Crippen LogP contribution in [0, 0.1) is 0 Å². The molecule has 0 aliphatic carbocycles. The number of quaternary nitrogens is 2. The van der Waals surface area contributed by atoms with Crippen LogP contribution >= 0.6 is 0 Å². The molecule has 0 aliphatic rings. The van der Waals surface area contributed by atoms with Crippen LogP contribution in [0.2, 0.25) is 0 Å². The Balaban J connectivity index is 3.66. The van der Waals surface area contributed by atoms with Crippen molar-refractivity contribution in [1.29, 1.82) is 0 Å². The summed E-state index contributed by atoms with van der Waals surface area (Å²) in [7, 11) is 12.5. The quantitative estimate of drug-likeness (QED) is 0.282. The van der Waals surface area contributed by atoms with Crippen molar-refractivity contribution in [1.82, 2.24) is 0 Å². The lowest BCUT2D eigenvalue weighted by molar-refractivity contribution is -0.894. The van der Waals surface area contributed by atoms with Crippen molar-refractivity contribution in [2.45, 2.75) is 64.5 Å². The third kappa shape index (κ3) is 12.3. The third-order valence-corrected chi connectivity index (χ3v) is 5.13. The highest BCUT2D eigenvalue weighted by atomic mass is 16.5. The Morgan fingerprint density at radius 2 is 0.962 bits per heavy atom. The molecule has 0 radical (unpaired) electrons. The molecule has 0 saturated heterocycles. The van der Waals surface area contributed by atoms with Gasteiger partial charge in [-0.2, -0.15) is 0 Å². The summed E-state index contributed by atoms with van der Waals surface area (Å²) in [6, 6.07) is 0.564. The van der Waals surface area contributed by atoms with Crippen LogP contribution < -0.4 is 0 Å². The summed E-state index contributed by atoms with van der Waals surface area (Å²) < 4.78 is 12.2. The lowest BCUT2D eigenvalue weighted by Crippen LogP contribution is -2.46. The Morgan fingerprint density at radius 1 is 0.654 bits per heavy atom. The van der Waals surface area contributed by atoms with E-state index in [9.17, 15) is 9.59 Å². The topological polar surface area (TPSA) is 52.6 Å². The van der Waals surface area contributed by atoms with Gasteiger partial charge in [-0.1, -0.05) is 12.8 Å². The molecule has 0 N–H and O–H groups in total. The van der Waals surface area contributed by atoms with Crippen LogP contribution in [-0.4, -0.2) is 88.5 Å². The van der Waals surface area contributed by atoms with Gasteiger partial charge in [0, 0.05) is 12.8 Å². The van der Waals surface area contributed by atoms with Gasteiger partial charge in [0.1, 0.15) is 25.3 Å². The molecule has 0 unspecified atom stereocenters. The minimum absolute atomic E-state index is 0.126. The summed E-state index contributed by atoms with van der Waals surface area (Å²) in [6.07, 6.45) is 4.39. The van der Waals surface area contributed by atoms with E-state index in [-0.39, 0.29) is 24.0 Å². The van der Waals surface area contributed by atoms with Gasteiger partial charge in [0.2, 0.25) is 0 Å². The molecule has 0 bridgehead atoms. The van der Waals surface area contributed by atoms with E-state index < -0.39 is 0 Å². The SMILES string of the molecule is C[C@H](COC(=O)CCCCCCC(=O)OC[C@H](C)[N+](C)(C)C)[N+](C)(C)C. The maximum absolute atomic E-state index is 11.7. The molecular weight excluding hydrogens is 332 g/mol. The molecule has 0 saturated carbocycles. The molecule has 6 heteroatoms. The number of likely N-dealkylation sites (N-methyl/N-ethyl adjacent to an activating group) is 2. The molecule has 0 fully saturated rings. The van der Waals surface area contributed by atoms with Crippen molar-refractivity contribution in [3.63, 3.8) is 0 Å². The Labute approximate surface area is 160 Å². The first-order chi connectivity index (χ1) is 11.8. The minimum atomic E-state index is -0.126. The second kappa shape index (κ2) is 11.5. The van der Waals surface area contributed by atoms with Crippen molar-refractivity contribution in [2.24, 2.45) is 0 Å². The monoisotopic (exact) mass is 374 g/mol.